The number of carboxylic acids is 1. The summed E-state index contributed by atoms with van der Waals surface area (Å²) in [6.07, 6.45) is 2.58. The maximum absolute atomic E-state index is 10.3. The zero-order valence-electron chi connectivity index (χ0n) is 7.72. The molecule has 0 bridgehead atoms. The molecular formula is C9H15NO2. The highest BCUT2D eigenvalue weighted by molar-refractivity contribution is 5.85. The Morgan fingerprint density at radius 2 is 2.17 bits per heavy atom. The number of aromatic carboxylic acids is 1. The lowest BCUT2D eigenvalue weighted by Gasteiger charge is -1.82. The Balaban J connectivity index is 0.000000561. The van der Waals surface area contributed by atoms with Gasteiger partial charge >= 0.3 is 5.97 Å². The highest BCUT2D eigenvalue weighted by Crippen LogP contribution is 2.02. The van der Waals surface area contributed by atoms with E-state index in [2.05, 4.69) is 4.98 Å². The number of aryl methyl sites for hydroxylation is 1. The fourth-order valence-corrected chi connectivity index (χ4v) is 0.767. The van der Waals surface area contributed by atoms with Gasteiger partial charge in [-0.2, -0.15) is 0 Å². The molecule has 3 nitrogen and oxygen atoms in total. The van der Waals surface area contributed by atoms with Gasteiger partial charge in [-0.15, -0.1) is 0 Å². The normalized spacial score (nSPS) is 8.58. The molecule has 1 heterocycles. The molecule has 1 aromatic rings. The second-order valence-electron chi connectivity index (χ2n) is 2.08. The van der Waals surface area contributed by atoms with Crippen LogP contribution in [0.15, 0.2) is 12.3 Å². The van der Waals surface area contributed by atoms with Gasteiger partial charge < -0.3 is 10.1 Å². The Hall–Kier alpha value is -1.25. The van der Waals surface area contributed by atoms with E-state index in [1.54, 1.807) is 12.3 Å². The standard InChI is InChI=1S/C7H9NO2.C2H6/c1-2-5-3-6(7(9)10)8-4-5;1-2/h3-4,8H,2H2,1H3,(H,9,10);1-2H3. The monoisotopic (exact) mass is 169 g/mol. The Morgan fingerprint density at radius 3 is 2.42 bits per heavy atom. The van der Waals surface area contributed by atoms with Crippen LogP contribution < -0.4 is 0 Å². The molecule has 0 fully saturated rings. The summed E-state index contributed by atoms with van der Waals surface area (Å²) in [5, 5.41) is 8.46. The van der Waals surface area contributed by atoms with Gasteiger partial charge in [-0.1, -0.05) is 20.8 Å². The first kappa shape index (κ1) is 10.8. The van der Waals surface area contributed by atoms with Crippen LogP contribution in [0.4, 0.5) is 0 Å². The minimum absolute atomic E-state index is 0.261. The van der Waals surface area contributed by atoms with Crippen molar-refractivity contribution in [3.8, 4) is 0 Å². The van der Waals surface area contributed by atoms with Gasteiger partial charge in [0, 0.05) is 6.20 Å². The number of hydrogen-bond acceptors (Lipinski definition) is 1. The van der Waals surface area contributed by atoms with Gasteiger partial charge in [0.1, 0.15) is 5.69 Å². The summed E-state index contributed by atoms with van der Waals surface area (Å²) in [5.74, 6) is -0.903. The van der Waals surface area contributed by atoms with Crippen molar-refractivity contribution in [1.29, 1.82) is 0 Å². The summed E-state index contributed by atoms with van der Waals surface area (Å²) >= 11 is 0. The Morgan fingerprint density at radius 1 is 1.58 bits per heavy atom. The van der Waals surface area contributed by atoms with Gasteiger partial charge in [0.25, 0.3) is 0 Å². The molecule has 0 saturated carbocycles. The van der Waals surface area contributed by atoms with Crippen LogP contribution in [0.2, 0.25) is 0 Å². The van der Waals surface area contributed by atoms with Crippen molar-refractivity contribution in [2.75, 3.05) is 0 Å². The van der Waals surface area contributed by atoms with Gasteiger partial charge in [-0.25, -0.2) is 4.79 Å². The molecule has 0 unspecified atom stereocenters. The van der Waals surface area contributed by atoms with E-state index in [4.69, 9.17) is 5.11 Å². The van der Waals surface area contributed by atoms with Crippen molar-refractivity contribution >= 4 is 5.97 Å². The number of carboxylic acid groups (broad SMARTS) is 1. The molecule has 2 N–H and O–H groups in total. The molecule has 0 saturated heterocycles. The third kappa shape index (κ3) is 2.78. The van der Waals surface area contributed by atoms with Crippen LogP contribution in [0.1, 0.15) is 36.8 Å². The van der Waals surface area contributed by atoms with E-state index in [9.17, 15) is 4.79 Å². The summed E-state index contributed by atoms with van der Waals surface area (Å²) in [5.41, 5.74) is 1.29. The minimum atomic E-state index is -0.903. The minimum Gasteiger partial charge on any atom is -0.477 e. The molecule has 3 heteroatoms. The van der Waals surface area contributed by atoms with Gasteiger partial charge in [-0.05, 0) is 18.1 Å². The Kier molecular flexibility index (Phi) is 4.84. The number of nitrogens with one attached hydrogen (secondary N) is 1. The van der Waals surface area contributed by atoms with Gasteiger partial charge in [-0.3, -0.25) is 0 Å². The van der Waals surface area contributed by atoms with E-state index < -0.39 is 5.97 Å². The zero-order chi connectivity index (χ0) is 9.56. The third-order valence-electron chi connectivity index (χ3n) is 1.38. The van der Waals surface area contributed by atoms with Crippen LogP contribution >= 0.6 is 0 Å². The SMILES string of the molecule is CC.CCc1c[nH]c(C(=O)O)c1. The van der Waals surface area contributed by atoms with Crippen molar-refractivity contribution in [3.05, 3.63) is 23.5 Å². The molecule has 1 rings (SSSR count). The second-order valence-corrected chi connectivity index (χ2v) is 2.08. The first-order valence-corrected chi connectivity index (χ1v) is 4.14. The van der Waals surface area contributed by atoms with Crippen LogP contribution in [0.25, 0.3) is 0 Å². The topological polar surface area (TPSA) is 53.1 Å². The molecule has 0 amide bonds. The summed E-state index contributed by atoms with van der Waals surface area (Å²) in [6.45, 7) is 5.98. The highest BCUT2D eigenvalue weighted by Gasteiger charge is 2.03. The molecule has 0 aromatic carbocycles. The molecule has 0 aliphatic carbocycles. The number of aromatic amines is 1. The van der Waals surface area contributed by atoms with Crippen LogP contribution in [-0.4, -0.2) is 16.1 Å². The van der Waals surface area contributed by atoms with E-state index in [0.717, 1.165) is 12.0 Å². The Labute approximate surface area is 72.4 Å². The highest BCUT2D eigenvalue weighted by atomic mass is 16.4. The largest absolute Gasteiger partial charge is 0.477 e. The molecular weight excluding hydrogens is 154 g/mol. The lowest BCUT2D eigenvalue weighted by molar-refractivity contribution is 0.0691. The quantitative estimate of drug-likeness (QED) is 0.713. The van der Waals surface area contributed by atoms with E-state index in [1.165, 1.54) is 0 Å². The van der Waals surface area contributed by atoms with Crippen molar-refractivity contribution in [3.63, 3.8) is 0 Å². The maximum Gasteiger partial charge on any atom is 0.352 e. The molecule has 12 heavy (non-hydrogen) atoms. The summed E-state index contributed by atoms with van der Waals surface area (Å²) < 4.78 is 0. The number of rotatable bonds is 2. The number of aromatic nitrogens is 1. The van der Waals surface area contributed by atoms with Crippen LogP contribution in [-0.2, 0) is 6.42 Å². The van der Waals surface area contributed by atoms with Crippen molar-refractivity contribution in [2.24, 2.45) is 0 Å². The first-order chi connectivity index (χ1) is 5.74. The third-order valence-corrected chi connectivity index (χ3v) is 1.38. The summed E-state index contributed by atoms with van der Waals surface area (Å²) in [6, 6.07) is 1.64. The van der Waals surface area contributed by atoms with Crippen molar-refractivity contribution < 1.29 is 9.90 Å². The second kappa shape index (κ2) is 5.41. The predicted molar refractivity (Wildman–Crippen MR) is 48.5 cm³/mol. The fourth-order valence-electron chi connectivity index (χ4n) is 0.767. The van der Waals surface area contributed by atoms with Crippen LogP contribution in [0.3, 0.4) is 0 Å². The predicted octanol–water partition coefficient (Wildman–Crippen LogP) is 2.30. The molecule has 0 aliphatic rings. The lowest BCUT2D eigenvalue weighted by Crippen LogP contribution is -1.94. The lowest BCUT2D eigenvalue weighted by atomic mass is 10.2. The van der Waals surface area contributed by atoms with Gasteiger partial charge in [0.15, 0.2) is 0 Å². The van der Waals surface area contributed by atoms with Crippen LogP contribution in [0, 0.1) is 0 Å². The fraction of sp³-hybridized carbons (Fsp3) is 0.444. The molecule has 68 valence electrons. The number of carbonyl (C=O) groups is 1. The van der Waals surface area contributed by atoms with Crippen LogP contribution in [0.5, 0.6) is 0 Å². The van der Waals surface area contributed by atoms with Crippen molar-refractivity contribution in [2.45, 2.75) is 27.2 Å². The smallest absolute Gasteiger partial charge is 0.352 e. The average Bonchev–Trinajstić information content (AvgIpc) is 2.55. The zero-order valence-corrected chi connectivity index (χ0v) is 7.72. The summed E-state index contributed by atoms with van der Waals surface area (Å²) in [7, 11) is 0. The number of H-pyrrole nitrogens is 1. The van der Waals surface area contributed by atoms with E-state index in [1.807, 2.05) is 20.8 Å². The van der Waals surface area contributed by atoms with Gasteiger partial charge in [0.2, 0.25) is 0 Å². The molecule has 0 radical (unpaired) electrons. The molecule has 0 aliphatic heterocycles. The van der Waals surface area contributed by atoms with E-state index in [0.29, 0.717) is 0 Å². The Bertz CT molecular complexity index is 240. The number of hydrogen-bond donors (Lipinski definition) is 2. The molecule has 0 atom stereocenters. The van der Waals surface area contributed by atoms with E-state index >= 15 is 0 Å². The molecule has 1 aromatic heterocycles. The van der Waals surface area contributed by atoms with Gasteiger partial charge in [0.05, 0.1) is 0 Å². The first-order valence-electron chi connectivity index (χ1n) is 4.14. The average molecular weight is 169 g/mol. The van der Waals surface area contributed by atoms with Crippen molar-refractivity contribution in [1.82, 2.24) is 4.98 Å². The summed E-state index contributed by atoms with van der Waals surface area (Å²) in [4.78, 5) is 13.0. The molecule has 0 spiro atoms. The maximum atomic E-state index is 10.3. The van der Waals surface area contributed by atoms with E-state index in [-0.39, 0.29) is 5.69 Å².